The maximum atomic E-state index is 13.0. The number of allylic oxidation sites excluding steroid dienone is 2. The van der Waals surface area contributed by atoms with E-state index in [4.69, 9.17) is 0 Å². The van der Waals surface area contributed by atoms with Crippen LogP contribution < -0.4 is 5.32 Å². The Kier molecular flexibility index (Phi) is 3.47. The molecule has 0 aromatic heterocycles. The largest absolute Gasteiger partial charge is 0.316 e. The Morgan fingerprint density at radius 2 is 1.63 bits per heavy atom. The van der Waals surface area contributed by atoms with E-state index in [9.17, 15) is 4.79 Å². The molecule has 5 fully saturated rings. The number of ketones is 1. The van der Waals surface area contributed by atoms with Gasteiger partial charge in [-0.1, -0.05) is 33.8 Å². The Bertz CT molecular complexity index is 737. The van der Waals surface area contributed by atoms with Crippen molar-refractivity contribution in [1.82, 2.24) is 5.32 Å². The molecule has 2 heteroatoms. The number of hydrogen-bond donors (Lipinski definition) is 1. The van der Waals surface area contributed by atoms with Crippen LogP contribution in [0.5, 0.6) is 0 Å². The summed E-state index contributed by atoms with van der Waals surface area (Å²) < 4.78 is 0. The monoisotopic (exact) mass is 369 g/mol. The van der Waals surface area contributed by atoms with Crippen LogP contribution in [0.2, 0.25) is 0 Å². The second-order valence-electron chi connectivity index (χ2n) is 11.9. The van der Waals surface area contributed by atoms with Crippen LogP contribution >= 0.6 is 0 Å². The average Bonchev–Trinajstić information content (AvgIpc) is 3.21. The van der Waals surface area contributed by atoms with Crippen molar-refractivity contribution < 1.29 is 4.79 Å². The van der Waals surface area contributed by atoms with Crippen LogP contribution in [0.25, 0.3) is 0 Å². The molecule has 0 saturated heterocycles. The quantitative estimate of drug-likeness (QED) is 0.616. The van der Waals surface area contributed by atoms with Crippen LogP contribution in [0.4, 0.5) is 0 Å². The van der Waals surface area contributed by atoms with Crippen molar-refractivity contribution in [1.29, 1.82) is 0 Å². The van der Waals surface area contributed by atoms with Gasteiger partial charge in [0.25, 0.3) is 0 Å². The number of nitrogens with one attached hydrogen (secondary N) is 1. The molecule has 5 saturated carbocycles. The molecule has 1 N–H and O–H groups in total. The summed E-state index contributed by atoms with van der Waals surface area (Å²) in [6.45, 7) is 12.1. The molecule has 5 aliphatic carbocycles. The summed E-state index contributed by atoms with van der Waals surface area (Å²) in [5.41, 5.74) is 2.98. The Morgan fingerprint density at radius 1 is 0.963 bits per heavy atom. The zero-order valence-electron chi connectivity index (χ0n) is 18.4. The molecule has 0 aliphatic heterocycles. The van der Waals surface area contributed by atoms with E-state index in [2.05, 4.69) is 53.1 Å². The topological polar surface area (TPSA) is 29.1 Å². The van der Waals surface area contributed by atoms with Crippen LogP contribution in [-0.4, -0.2) is 18.9 Å². The molecular formula is C25H39NO. The molecule has 5 rings (SSSR count). The summed E-state index contributed by atoms with van der Waals surface area (Å²) in [6, 6.07) is 0.662. The number of carbonyl (C=O) groups excluding carboxylic acids is 1. The SMILES string of the molecule is C/C=C1/C(=O)C[C@@]2(C)[C@@H]3CC[C@H]4C(C)(C)[C@@H](NC)CC[C@]45C[C@@]35CC[C@]12C. The molecule has 0 bridgehead atoms. The van der Waals surface area contributed by atoms with E-state index >= 15 is 0 Å². The molecule has 5 aliphatic rings. The lowest BCUT2D eigenvalue weighted by Crippen LogP contribution is -2.58. The van der Waals surface area contributed by atoms with Gasteiger partial charge >= 0.3 is 0 Å². The number of carbonyl (C=O) groups is 1. The van der Waals surface area contributed by atoms with Crippen molar-refractivity contribution in [3.05, 3.63) is 11.6 Å². The van der Waals surface area contributed by atoms with Crippen molar-refractivity contribution >= 4 is 5.78 Å². The standard InChI is InChI=1S/C25H39NO/c1-7-16-17(27)14-23(5)19-9-8-18-21(2,3)20(26-6)10-11-24(18)15-25(19,24)13-12-22(16,23)4/h7,18-20,26H,8-15H2,1-6H3/b16-7-/t18-,19-,20-,22+,23-,24-,25-/m0/s1. The normalized spacial score (nSPS) is 56.9. The van der Waals surface area contributed by atoms with Crippen molar-refractivity contribution in [2.24, 2.45) is 38.9 Å². The molecular weight excluding hydrogens is 330 g/mol. The predicted octanol–water partition coefficient (Wildman–Crippen LogP) is 5.52. The molecule has 0 aromatic carbocycles. The first-order valence-corrected chi connectivity index (χ1v) is 11.5. The Hall–Kier alpha value is -0.630. The number of Topliss-reactive ketones (excluding diaryl/α,β-unsaturated/α-hetero) is 1. The van der Waals surface area contributed by atoms with Crippen molar-refractivity contribution in [2.45, 2.75) is 92.0 Å². The van der Waals surface area contributed by atoms with E-state index in [1.54, 1.807) is 0 Å². The molecule has 0 unspecified atom stereocenters. The van der Waals surface area contributed by atoms with E-state index in [0.29, 0.717) is 28.1 Å². The maximum Gasteiger partial charge on any atom is 0.159 e. The molecule has 7 atom stereocenters. The second-order valence-corrected chi connectivity index (χ2v) is 11.9. The fourth-order valence-electron chi connectivity index (χ4n) is 10.0. The van der Waals surface area contributed by atoms with E-state index in [-0.39, 0.29) is 10.8 Å². The van der Waals surface area contributed by atoms with Gasteiger partial charge in [0.15, 0.2) is 5.78 Å². The Balaban J connectivity index is 1.56. The first kappa shape index (κ1) is 18.4. The minimum absolute atomic E-state index is 0.114. The predicted molar refractivity (Wildman–Crippen MR) is 110 cm³/mol. The van der Waals surface area contributed by atoms with E-state index in [0.717, 1.165) is 23.8 Å². The number of fused-ring (bicyclic) bond motifs is 2. The lowest BCUT2D eigenvalue weighted by Gasteiger charge is -2.62. The van der Waals surface area contributed by atoms with Gasteiger partial charge in [0.1, 0.15) is 0 Å². The number of hydrogen-bond acceptors (Lipinski definition) is 2. The zero-order valence-corrected chi connectivity index (χ0v) is 18.4. The highest BCUT2D eigenvalue weighted by Crippen LogP contribution is 2.88. The highest BCUT2D eigenvalue weighted by atomic mass is 16.1. The fraction of sp³-hybridized carbons (Fsp3) is 0.880. The summed E-state index contributed by atoms with van der Waals surface area (Å²) in [5.74, 6) is 2.07. The molecule has 2 nitrogen and oxygen atoms in total. The Labute approximate surface area is 165 Å². The van der Waals surface area contributed by atoms with Crippen LogP contribution in [0.1, 0.15) is 86.0 Å². The van der Waals surface area contributed by atoms with Gasteiger partial charge in [-0.15, -0.1) is 0 Å². The summed E-state index contributed by atoms with van der Waals surface area (Å²) in [4.78, 5) is 13.0. The molecule has 2 spiro atoms. The average molecular weight is 370 g/mol. The van der Waals surface area contributed by atoms with Gasteiger partial charge in [0.2, 0.25) is 0 Å². The van der Waals surface area contributed by atoms with E-state index in [1.807, 2.05) is 0 Å². The zero-order chi connectivity index (χ0) is 19.5. The highest BCUT2D eigenvalue weighted by molar-refractivity contribution is 6.00. The van der Waals surface area contributed by atoms with Gasteiger partial charge in [-0.2, -0.15) is 0 Å². The molecule has 0 heterocycles. The van der Waals surface area contributed by atoms with Crippen molar-refractivity contribution in [3.63, 3.8) is 0 Å². The fourth-order valence-corrected chi connectivity index (χ4v) is 10.0. The summed E-state index contributed by atoms with van der Waals surface area (Å²) in [5, 5.41) is 3.65. The van der Waals surface area contributed by atoms with Crippen molar-refractivity contribution in [2.75, 3.05) is 7.05 Å². The minimum Gasteiger partial charge on any atom is -0.316 e. The highest BCUT2D eigenvalue weighted by Gasteiger charge is 2.82. The van der Waals surface area contributed by atoms with Gasteiger partial charge in [0.05, 0.1) is 0 Å². The van der Waals surface area contributed by atoms with Gasteiger partial charge in [-0.3, -0.25) is 4.79 Å². The summed E-state index contributed by atoms with van der Waals surface area (Å²) >= 11 is 0. The third-order valence-electron chi connectivity index (χ3n) is 11.4. The third kappa shape index (κ3) is 1.77. The number of rotatable bonds is 1. The summed E-state index contributed by atoms with van der Waals surface area (Å²) in [7, 11) is 2.16. The van der Waals surface area contributed by atoms with Gasteiger partial charge in [-0.25, -0.2) is 0 Å². The van der Waals surface area contributed by atoms with Crippen molar-refractivity contribution in [3.8, 4) is 0 Å². The minimum atomic E-state index is 0.114. The van der Waals surface area contributed by atoms with Crippen LogP contribution in [-0.2, 0) is 4.79 Å². The van der Waals surface area contributed by atoms with Crippen LogP contribution in [0.15, 0.2) is 11.6 Å². The first-order chi connectivity index (χ1) is 12.6. The lowest BCUT2D eigenvalue weighted by molar-refractivity contribution is -0.129. The van der Waals surface area contributed by atoms with Gasteiger partial charge < -0.3 is 5.32 Å². The first-order valence-electron chi connectivity index (χ1n) is 11.5. The molecule has 0 amide bonds. The molecule has 0 radical (unpaired) electrons. The maximum absolute atomic E-state index is 13.0. The molecule has 0 aromatic rings. The van der Waals surface area contributed by atoms with Crippen LogP contribution in [0.3, 0.4) is 0 Å². The summed E-state index contributed by atoms with van der Waals surface area (Å²) in [6.07, 6.45) is 12.5. The van der Waals surface area contributed by atoms with E-state index < -0.39 is 0 Å². The second kappa shape index (κ2) is 5.10. The molecule has 27 heavy (non-hydrogen) atoms. The smallest absolute Gasteiger partial charge is 0.159 e. The lowest BCUT2D eigenvalue weighted by atomic mass is 9.42. The van der Waals surface area contributed by atoms with Crippen LogP contribution in [0, 0.1) is 38.9 Å². The molecule has 150 valence electrons. The van der Waals surface area contributed by atoms with Gasteiger partial charge in [0, 0.05) is 17.9 Å². The Morgan fingerprint density at radius 3 is 2.30 bits per heavy atom. The van der Waals surface area contributed by atoms with E-state index in [1.165, 1.54) is 44.9 Å². The van der Waals surface area contributed by atoms with Gasteiger partial charge in [-0.05, 0) is 98.0 Å². The third-order valence-corrected chi connectivity index (χ3v) is 11.4.